The van der Waals surface area contributed by atoms with Gasteiger partial charge in [-0.2, -0.15) is 0 Å². The van der Waals surface area contributed by atoms with Crippen LogP contribution in [-0.4, -0.2) is 30.5 Å². The molecule has 1 aliphatic rings. The van der Waals surface area contributed by atoms with Gasteiger partial charge in [0, 0.05) is 11.6 Å². The van der Waals surface area contributed by atoms with E-state index < -0.39 is 11.9 Å². The first-order valence-electron chi connectivity index (χ1n) is 7.53. The van der Waals surface area contributed by atoms with Crippen LogP contribution >= 0.6 is 11.6 Å². The van der Waals surface area contributed by atoms with E-state index >= 15 is 0 Å². The summed E-state index contributed by atoms with van der Waals surface area (Å²) in [5, 5.41) is 13.1. The second kappa shape index (κ2) is 7.97. The highest BCUT2D eigenvalue weighted by Gasteiger charge is 2.19. The summed E-state index contributed by atoms with van der Waals surface area (Å²) in [7, 11) is 0. The Kier molecular flexibility index (Phi) is 6.27. The molecule has 0 radical (unpaired) electrons. The average molecular weight is 316 g/mol. The van der Waals surface area contributed by atoms with Gasteiger partial charge in [-0.1, -0.05) is 18.5 Å². The van der Waals surface area contributed by atoms with E-state index in [1.165, 1.54) is 18.9 Å². The molecule has 1 aromatic rings. The van der Waals surface area contributed by atoms with E-state index in [1.807, 2.05) is 0 Å². The summed E-state index contributed by atoms with van der Waals surface area (Å²) < 4.78 is 19.3. The Labute approximate surface area is 130 Å². The molecule has 5 heteroatoms. The van der Waals surface area contributed by atoms with Crippen molar-refractivity contribution < 1.29 is 14.2 Å². The fourth-order valence-corrected chi connectivity index (χ4v) is 2.72. The zero-order chi connectivity index (χ0) is 15.2. The van der Waals surface area contributed by atoms with Crippen molar-refractivity contribution in [3.05, 3.63) is 29.0 Å². The van der Waals surface area contributed by atoms with Gasteiger partial charge in [0.2, 0.25) is 0 Å². The second-order valence-electron chi connectivity index (χ2n) is 5.87. The standard InChI is InChI=1S/C16H23ClFNO2/c1-11-2-5-14(6-3-11)21-10-13(20)9-19-16-7-4-12(17)8-15(16)18/h4,7-8,11,13-14,19-20H,2-3,5-6,9-10H2,1H3. The molecule has 1 aromatic carbocycles. The Balaban J connectivity index is 1.68. The van der Waals surface area contributed by atoms with Gasteiger partial charge in [-0.25, -0.2) is 4.39 Å². The van der Waals surface area contributed by atoms with Crippen LogP contribution in [0.15, 0.2) is 18.2 Å². The molecule has 0 aliphatic heterocycles. The summed E-state index contributed by atoms with van der Waals surface area (Å²) in [6, 6.07) is 4.42. The summed E-state index contributed by atoms with van der Waals surface area (Å²) in [6.45, 7) is 2.79. The van der Waals surface area contributed by atoms with E-state index in [0.29, 0.717) is 10.7 Å². The lowest BCUT2D eigenvalue weighted by Crippen LogP contribution is -2.29. The van der Waals surface area contributed by atoms with Crippen molar-refractivity contribution in [2.75, 3.05) is 18.5 Å². The van der Waals surface area contributed by atoms with Crippen LogP contribution in [0, 0.1) is 11.7 Å². The molecule has 0 heterocycles. The Morgan fingerprint density at radius 3 is 2.76 bits per heavy atom. The van der Waals surface area contributed by atoms with Crippen LogP contribution in [0.3, 0.4) is 0 Å². The van der Waals surface area contributed by atoms with Crippen LogP contribution in [0.25, 0.3) is 0 Å². The fourth-order valence-electron chi connectivity index (χ4n) is 2.56. The van der Waals surface area contributed by atoms with Gasteiger partial charge in [-0.15, -0.1) is 0 Å². The van der Waals surface area contributed by atoms with E-state index in [0.717, 1.165) is 18.8 Å². The molecule has 0 spiro atoms. The number of benzene rings is 1. The number of rotatable bonds is 6. The minimum absolute atomic E-state index is 0.252. The Morgan fingerprint density at radius 1 is 1.38 bits per heavy atom. The topological polar surface area (TPSA) is 41.5 Å². The number of ether oxygens (including phenoxy) is 1. The number of hydrogen-bond acceptors (Lipinski definition) is 3. The number of halogens is 2. The number of hydrogen-bond donors (Lipinski definition) is 2. The lowest BCUT2D eigenvalue weighted by Gasteiger charge is -2.27. The lowest BCUT2D eigenvalue weighted by atomic mass is 9.89. The first-order valence-corrected chi connectivity index (χ1v) is 7.91. The van der Waals surface area contributed by atoms with Crippen molar-refractivity contribution in [3.8, 4) is 0 Å². The molecule has 1 atom stereocenters. The van der Waals surface area contributed by atoms with Crippen molar-refractivity contribution >= 4 is 17.3 Å². The maximum Gasteiger partial charge on any atom is 0.147 e. The number of aliphatic hydroxyl groups is 1. The lowest BCUT2D eigenvalue weighted by molar-refractivity contribution is -0.0245. The molecule has 2 N–H and O–H groups in total. The van der Waals surface area contributed by atoms with Gasteiger partial charge < -0.3 is 15.2 Å². The summed E-state index contributed by atoms with van der Waals surface area (Å²) in [5.41, 5.74) is 0.338. The van der Waals surface area contributed by atoms with Crippen LogP contribution in [0.2, 0.25) is 5.02 Å². The van der Waals surface area contributed by atoms with E-state index in [-0.39, 0.29) is 19.3 Å². The summed E-state index contributed by atoms with van der Waals surface area (Å²) in [5.74, 6) is 0.362. The Bertz CT molecular complexity index is 450. The molecule has 0 saturated heterocycles. The fraction of sp³-hybridized carbons (Fsp3) is 0.625. The van der Waals surface area contributed by atoms with Gasteiger partial charge in [0.15, 0.2) is 0 Å². The molecule has 1 aliphatic carbocycles. The summed E-state index contributed by atoms with van der Waals surface area (Å²) in [6.07, 6.45) is 4.10. The van der Waals surface area contributed by atoms with Crippen molar-refractivity contribution in [2.24, 2.45) is 5.92 Å². The maximum absolute atomic E-state index is 13.6. The molecule has 0 bridgehead atoms. The van der Waals surface area contributed by atoms with Gasteiger partial charge in [0.05, 0.1) is 24.5 Å². The maximum atomic E-state index is 13.6. The van der Waals surface area contributed by atoms with Crippen LogP contribution in [0.4, 0.5) is 10.1 Å². The van der Waals surface area contributed by atoms with E-state index in [2.05, 4.69) is 12.2 Å². The first kappa shape index (κ1) is 16.5. The minimum atomic E-state index is -0.653. The molecule has 2 rings (SSSR count). The largest absolute Gasteiger partial charge is 0.389 e. The minimum Gasteiger partial charge on any atom is -0.389 e. The SMILES string of the molecule is CC1CCC(OCC(O)CNc2ccc(Cl)cc2F)CC1. The second-order valence-corrected chi connectivity index (χ2v) is 6.31. The van der Waals surface area contributed by atoms with Crippen molar-refractivity contribution in [3.63, 3.8) is 0 Å². The van der Waals surface area contributed by atoms with Gasteiger partial charge in [0.25, 0.3) is 0 Å². The van der Waals surface area contributed by atoms with Gasteiger partial charge in [-0.05, 0) is 49.8 Å². The van der Waals surface area contributed by atoms with Gasteiger partial charge >= 0.3 is 0 Å². The predicted molar refractivity (Wildman–Crippen MR) is 83.3 cm³/mol. The molecule has 1 unspecified atom stereocenters. The zero-order valence-electron chi connectivity index (χ0n) is 12.3. The van der Waals surface area contributed by atoms with Crippen molar-refractivity contribution in [2.45, 2.75) is 44.8 Å². The third-order valence-electron chi connectivity index (χ3n) is 3.95. The number of nitrogens with one attached hydrogen (secondary N) is 1. The summed E-state index contributed by atoms with van der Waals surface area (Å²) >= 11 is 5.69. The molecule has 1 fully saturated rings. The quantitative estimate of drug-likeness (QED) is 0.838. The third-order valence-corrected chi connectivity index (χ3v) is 4.18. The molecule has 0 aromatic heterocycles. The average Bonchev–Trinajstić information content (AvgIpc) is 2.46. The van der Waals surface area contributed by atoms with Crippen molar-refractivity contribution in [1.82, 2.24) is 0 Å². The normalized spacial score (nSPS) is 23.8. The third kappa shape index (κ3) is 5.46. The molecular weight excluding hydrogens is 293 g/mol. The Morgan fingerprint density at radius 2 is 2.10 bits per heavy atom. The first-order chi connectivity index (χ1) is 10.0. The van der Waals surface area contributed by atoms with Gasteiger partial charge in [0.1, 0.15) is 5.82 Å². The van der Waals surface area contributed by atoms with Crippen LogP contribution in [-0.2, 0) is 4.74 Å². The molecule has 3 nitrogen and oxygen atoms in total. The zero-order valence-corrected chi connectivity index (χ0v) is 13.1. The molecule has 118 valence electrons. The monoisotopic (exact) mass is 315 g/mol. The van der Waals surface area contributed by atoms with E-state index in [1.54, 1.807) is 12.1 Å². The van der Waals surface area contributed by atoms with E-state index in [9.17, 15) is 9.50 Å². The number of anilines is 1. The smallest absolute Gasteiger partial charge is 0.147 e. The molecule has 0 amide bonds. The predicted octanol–water partition coefficient (Wildman–Crippen LogP) is 3.85. The highest BCUT2D eigenvalue weighted by atomic mass is 35.5. The highest BCUT2D eigenvalue weighted by molar-refractivity contribution is 6.30. The Hall–Kier alpha value is -0.840. The summed E-state index contributed by atoms with van der Waals surface area (Å²) in [4.78, 5) is 0. The van der Waals surface area contributed by atoms with E-state index in [4.69, 9.17) is 16.3 Å². The van der Waals surface area contributed by atoms with Crippen LogP contribution in [0.1, 0.15) is 32.6 Å². The highest BCUT2D eigenvalue weighted by Crippen LogP contribution is 2.25. The van der Waals surface area contributed by atoms with Crippen molar-refractivity contribution in [1.29, 1.82) is 0 Å². The van der Waals surface area contributed by atoms with Crippen LogP contribution in [0.5, 0.6) is 0 Å². The molecular formula is C16H23ClFNO2. The molecule has 1 saturated carbocycles. The molecule has 21 heavy (non-hydrogen) atoms. The van der Waals surface area contributed by atoms with Gasteiger partial charge in [-0.3, -0.25) is 0 Å². The van der Waals surface area contributed by atoms with Crippen LogP contribution < -0.4 is 5.32 Å². The number of aliphatic hydroxyl groups excluding tert-OH is 1.